The predicted molar refractivity (Wildman–Crippen MR) is 170 cm³/mol. The van der Waals surface area contributed by atoms with Gasteiger partial charge < -0.3 is 10.2 Å². The van der Waals surface area contributed by atoms with Crippen molar-refractivity contribution in [2.45, 2.75) is 37.8 Å². The minimum Gasteiger partial charge on any atom is -0.357 e. The monoisotopic (exact) mass is 647 g/mol. The van der Waals surface area contributed by atoms with Crippen molar-refractivity contribution in [1.29, 1.82) is 0 Å². The SMILES string of the molecule is CNC(=O)C(Cc1ccccc1)N(Cc1cccc(Br)c1)C(=O)CN(c1ccc(C)cc1C)S(=O)(=O)c1ccccc1. The molecule has 4 aromatic rings. The van der Waals surface area contributed by atoms with Crippen LogP contribution >= 0.6 is 15.9 Å². The fraction of sp³-hybridized carbons (Fsp3) is 0.212. The number of nitrogens with one attached hydrogen (secondary N) is 1. The Hall–Kier alpha value is -3.95. The van der Waals surface area contributed by atoms with Gasteiger partial charge in [-0.25, -0.2) is 8.42 Å². The molecule has 0 aliphatic carbocycles. The molecule has 1 N–H and O–H groups in total. The quantitative estimate of drug-likeness (QED) is 0.228. The summed E-state index contributed by atoms with van der Waals surface area (Å²) < 4.78 is 30.1. The van der Waals surface area contributed by atoms with Crippen molar-refractivity contribution < 1.29 is 18.0 Å². The molecule has 4 aromatic carbocycles. The molecule has 0 bridgehead atoms. The zero-order chi connectivity index (χ0) is 30.3. The fourth-order valence-corrected chi connectivity index (χ4v) is 6.82. The van der Waals surface area contributed by atoms with Crippen molar-refractivity contribution in [1.82, 2.24) is 10.2 Å². The zero-order valence-corrected chi connectivity index (χ0v) is 26.2. The molecule has 0 saturated carbocycles. The maximum atomic E-state index is 14.4. The van der Waals surface area contributed by atoms with Crippen LogP contribution in [0.2, 0.25) is 0 Å². The van der Waals surface area contributed by atoms with E-state index in [-0.39, 0.29) is 23.8 Å². The summed E-state index contributed by atoms with van der Waals surface area (Å²) in [4.78, 5) is 29.2. The van der Waals surface area contributed by atoms with Gasteiger partial charge in [0.1, 0.15) is 12.6 Å². The van der Waals surface area contributed by atoms with Gasteiger partial charge in [0.15, 0.2) is 0 Å². The second-order valence-electron chi connectivity index (χ2n) is 10.1. The van der Waals surface area contributed by atoms with E-state index in [1.807, 2.05) is 80.6 Å². The van der Waals surface area contributed by atoms with Gasteiger partial charge in [-0.15, -0.1) is 0 Å². The van der Waals surface area contributed by atoms with E-state index in [0.29, 0.717) is 11.3 Å². The van der Waals surface area contributed by atoms with Crippen LogP contribution in [-0.4, -0.2) is 44.8 Å². The number of hydrogen-bond donors (Lipinski definition) is 1. The molecule has 42 heavy (non-hydrogen) atoms. The van der Waals surface area contributed by atoms with Crippen molar-refractivity contribution in [3.8, 4) is 0 Å². The van der Waals surface area contributed by atoms with E-state index in [4.69, 9.17) is 0 Å². The van der Waals surface area contributed by atoms with Crippen LogP contribution in [0.5, 0.6) is 0 Å². The molecular weight excluding hydrogens is 614 g/mol. The average Bonchev–Trinajstić information content (AvgIpc) is 2.98. The van der Waals surface area contributed by atoms with Crippen LogP contribution in [0.15, 0.2) is 112 Å². The van der Waals surface area contributed by atoms with Crippen LogP contribution in [0.4, 0.5) is 5.69 Å². The highest BCUT2D eigenvalue weighted by Gasteiger charge is 2.34. The van der Waals surface area contributed by atoms with Crippen LogP contribution in [0.25, 0.3) is 0 Å². The number of carbonyl (C=O) groups excluding carboxylic acids is 2. The lowest BCUT2D eigenvalue weighted by Gasteiger charge is -2.34. The summed E-state index contributed by atoms with van der Waals surface area (Å²) in [5.74, 6) is -0.842. The molecule has 4 rings (SSSR count). The maximum absolute atomic E-state index is 14.4. The molecule has 7 nitrogen and oxygen atoms in total. The van der Waals surface area contributed by atoms with Crippen molar-refractivity contribution >= 4 is 43.5 Å². The number of amides is 2. The van der Waals surface area contributed by atoms with Crippen molar-refractivity contribution in [3.63, 3.8) is 0 Å². The Morgan fingerprint density at radius 1 is 0.833 bits per heavy atom. The second-order valence-corrected chi connectivity index (χ2v) is 12.9. The third-order valence-electron chi connectivity index (χ3n) is 6.99. The average molecular weight is 649 g/mol. The molecule has 0 fully saturated rings. The van der Waals surface area contributed by atoms with Crippen LogP contribution in [0, 0.1) is 13.8 Å². The Bertz CT molecular complexity index is 1650. The summed E-state index contributed by atoms with van der Waals surface area (Å²) >= 11 is 3.49. The zero-order valence-electron chi connectivity index (χ0n) is 23.8. The number of carbonyl (C=O) groups is 2. The standard InChI is InChI=1S/C33H34BrN3O4S/c1-24-17-18-30(25(2)19-24)37(42(40,41)29-15-8-5-9-16-29)23-32(38)36(22-27-13-10-14-28(34)20-27)31(33(39)35-3)21-26-11-6-4-7-12-26/h4-20,31H,21-23H2,1-3H3,(H,35,39). The minimum atomic E-state index is -4.13. The van der Waals surface area contributed by atoms with Crippen LogP contribution in [-0.2, 0) is 32.6 Å². The lowest BCUT2D eigenvalue weighted by atomic mass is 10.0. The van der Waals surface area contributed by atoms with Crippen LogP contribution in [0.1, 0.15) is 22.3 Å². The van der Waals surface area contributed by atoms with Gasteiger partial charge in [-0.3, -0.25) is 13.9 Å². The van der Waals surface area contributed by atoms with E-state index in [2.05, 4.69) is 21.2 Å². The molecule has 0 aliphatic rings. The Kier molecular flexibility index (Phi) is 10.2. The number of halogens is 1. The second kappa shape index (κ2) is 13.8. The lowest BCUT2D eigenvalue weighted by Crippen LogP contribution is -2.53. The number of rotatable bonds is 11. The number of likely N-dealkylation sites (N-methyl/N-ethyl adjacent to an activating group) is 1. The summed E-state index contributed by atoms with van der Waals surface area (Å²) in [6.07, 6.45) is 0.259. The molecule has 2 amide bonds. The van der Waals surface area contributed by atoms with E-state index in [1.54, 1.807) is 24.3 Å². The van der Waals surface area contributed by atoms with Gasteiger partial charge in [-0.1, -0.05) is 94.3 Å². The molecule has 0 aromatic heterocycles. The molecule has 0 radical (unpaired) electrons. The molecule has 0 aliphatic heterocycles. The van der Waals surface area contributed by atoms with E-state index in [0.717, 1.165) is 25.5 Å². The number of anilines is 1. The first-order valence-corrected chi connectivity index (χ1v) is 15.8. The van der Waals surface area contributed by atoms with Gasteiger partial charge in [0.25, 0.3) is 10.0 Å². The van der Waals surface area contributed by atoms with Crippen LogP contribution < -0.4 is 9.62 Å². The maximum Gasteiger partial charge on any atom is 0.264 e. The summed E-state index contributed by atoms with van der Waals surface area (Å²) in [6.45, 7) is 3.37. The molecule has 0 spiro atoms. The third-order valence-corrected chi connectivity index (χ3v) is 9.26. The van der Waals surface area contributed by atoms with Gasteiger partial charge in [-0.05, 0) is 60.9 Å². The van der Waals surface area contributed by atoms with Crippen molar-refractivity contribution in [3.05, 3.63) is 130 Å². The predicted octanol–water partition coefficient (Wildman–Crippen LogP) is 5.65. The highest BCUT2D eigenvalue weighted by molar-refractivity contribution is 9.10. The van der Waals surface area contributed by atoms with E-state index < -0.39 is 28.5 Å². The Morgan fingerprint density at radius 3 is 2.10 bits per heavy atom. The molecular formula is C33H34BrN3O4S. The van der Waals surface area contributed by atoms with Gasteiger partial charge in [0.05, 0.1) is 10.6 Å². The summed E-state index contributed by atoms with van der Waals surface area (Å²) in [6, 6.07) is 29.5. The van der Waals surface area contributed by atoms with Gasteiger partial charge in [-0.2, -0.15) is 0 Å². The normalized spacial score (nSPS) is 11.9. The Morgan fingerprint density at radius 2 is 1.48 bits per heavy atom. The first kappa shape index (κ1) is 31.0. The smallest absolute Gasteiger partial charge is 0.264 e. The van der Waals surface area contributed by atoms with Crippen molar-refractivity contribution in [2.75, 3.05) is 17.9 Å². The number of benzene rings is 4. The fourth-order valence-electron chi connectivity index (χ4n) is 4.87. The van der Waals surface area contributed by atoms with Crippen molar-refractivity contribution in [2.24, 2.45) is 0 Å². The first-order chi connectivity index (χ1) is 20.1. The molecule has 9 heteroatoms. The Labute approximate surface area is 256 Å². The molecule has 1 unspecified atom stereocenters. The lowest BCUT2D eigenvalue weighted by molar-refractivity contribution is -0.139. The first-order valence-electron chi connectivity index (χ1n) is 13.5. The van der Waals surface area contributed by atoms with Gasteiger partial charge >= 0.3 is 0 Å². The van der Waals surface area contributed by atoms with E-state index >= 15 is 0 Å². The number of aryl methyl sites for hydroxylation is 2. The number of sulfonamides is 1. The molecule has 218 valence electrons. The van der Waals surface area contributed by atoms with Crippen LogP contribution in [0.3, 0.4) is 0 Å². The summed E-state index contributed by atoms with van der Waals surface area (Å²) in [7, 11) is -2.60. The molecule has 0 saturated heterocycles. The van der Waals surface area contributed by atoms with Gasteiger partial charge in [0.2, 0.25) is 11.8 Å². The van der Waals surface area contributed by atoms with E-state index in [9.17, 15) is 18.0 Å². The highest BCUT2D eigenvalue weighted by Crippen LogP contribution is 2.28. The van der Waals surface area contributed by atoms with E-state index in [1.165, 1.54) is 24.1 Å². The minimum absolute atomic E-state index is 0.0726. The molecule has 1 atom stereocenters. The topological polar surface area (TPSA) is 86.8 Å². The number of nitrogens with zero attached hydrogens (tertiary/aromatic N) is 2. The van der Waals surface area contributed by atoms with Gasteiger partial charge in [0, 0.05) is 24.5 Å². The Balaban J connectivity index is 1.81. The third kappa shape index (κ3) is 7.46. The largest absolute Gasteiger partial charge is 0.357 e. The highest BCUT2D eigenvalue weighted by atomic mass is 79.9. The summed E-state index contributed by atoms with van der Waals surface area (Å²) in [5.41, 5.74) is 3.76. The molecule has 0 heterocycles. The number of hydrogen-bond acceptors (Lipinski definition) is 4. The summed E-state index contributed by atoms with van der Waals surface area (Å²) in [5, 5.41) is 2.70.